The first-order chi connectivity index (χ1) is 15.8. The first-order valence-corrected chi connectivity index (χ1v) is 10.6. The van der Waals surface area contributed by atoms with Gasteiger partial charge in [0, 0.05) is 23.7 Å². The second-order valence-corrected chi connectivity index (χ2v) is 7.52. The molecule has 0 spiro atoms. The monoisotopic (exact) mass is 466 g/mol. The van der Waals surface area contributed by atoms with Gasteiger partial charge in [0.1, 0.15) is 13.2 Å². The third kappa shape index (κ3) is 6.57. The van der Waals surface area contributed by atoms with E-state index in [4.69, 9.17) is 21.1 Å². The van der Waals surface area contributed by atoms with E-state index >= 15 is 0 Å². The van der Waals surface area contributed by atoms with E-state index in [0.29, 0.717) is 33.2 Å². The Morgan fingerprint density at radius 2 is 1.52 bits per heavy atom. The SMILES string of the molecule is CC(=O)OCCOC(=O)Nc1ccccc1Nc1ccc(C(=O)c2ccccc2C)c(Cl)c1. The maximum Gasteiger partial charge on any atom is 0.411 e. The Morgan fingerprint density at radius 1 is 0.848 bits per heavy atom. The van der Waals surface area contributed by atoms with Crippen LogP contribution in [-0.4, -0.2) is 31.1 Å². The van der Waals surface area contributed by atoms with Crippen LogP contribution in [0.1, 0.15) is 28.4 Å². The Balaban J connectivity index is 1.69. The van der Waals surface area contributed by atoms with Crippen LogP contribution in [0, 0.1) is 6.92 Å². The number of hydrogen-bond donors (Lipinski definition) is 2. The average Bonchev–Trinajstić information content (AvgIpc) is 2.78. The molecule has 0 aliphatic carbocycles. The van der Waals surface area contributed by atoms with Crippen molar-refractivity contribution in [3.8, 4) is 0 Å². The Hall–Kier alpha value is -3.84. The second-order valence-electron chi connectivity index (χ2n) is 7.11. The van der Waals surface area contributed by atoms with E-state index < -0.39 is 12.1 Å². The van der Waals surface area contributed by atoms with Crippen LogP contribution in [-0.2, 0) is 14.3 Å². The first kappa shape index (κ1) is 23.8. The lowest BCUT2D eigenvalue weighted by atomic mass is 9.99. The van der Waals surface area contributed by atoms with Crippen LogP contribution < -0.4 is 10.6 Å². The van der Waals surface area contributed by atoms with E-state index in [0.717, 1.165) is 5.56 Å². The van der Waals surface area contributed by atoms with Crippen LogP contribution in [0.5, 0.6) is 0 Å². The highest BCUT2D eigenvalue weighted by molar-refractivity contribution is 6.35. The maximum absolute atomic E-state index is 12.9. The Morgan fingerprint density at radius 3 is 2.21 bits per heavy atom. The normalized spacial score (nSPS) is 10.3. The third-order valence-corrected chi connectivity index (χ3v) is 4.98. The number of hydrogen-bond acceptors (Lipinski definition) is 6. The van der Waals surface area contributed by atoms with E-state index in [9.17, 15) is 14.4 Å². The minimum absolute atomic E-state index is 0.0191. The molecule has 170 valence electrons. The van der Waals surface area contributed by atoms with Crippen LogP contribution in [0.2, 0.25) is 5.02 Å². The molecule has 0 saturated carbocycles. The number of ketones is 1. The highest BCUT2D eigenvalue weighted by Gasteiger charge is 2.15. The zero-order chi connectivity index (χ0) is 23.8. The van der Waals surface area contributed by atoms with Crippen molar-refractivity contribution in [2.24, 2.45) is 0 Å². The van der Waals surface area contributed by atoms with Crippen molar-refractivity contribution in [1.82, 2.24) is 0 Å². The van der Waals surface area contributed by atoms with Crippen LogP contribution >= 0.6 is 11.6 Å². The summed E-state index contributed by atoms with van der Waals surface area (Å²) in [6.45, 7) is 3.07. The highest BCUT2D eigenvalue weighted by Crippen LogP contribution is 2.29. The Bertz CT molecular complexity index is 1180. The molecule has 33 heavy (non-hydrogen) atoms. The number of amides is 1. The molecule has 0 unspecified atom stereocenters. The molecule has 0 radical (unpaired) electrons. The summed E-state index contributed by atoms with van der Waals surface area (Å²) >= 11 is 6.42. The summed E-state index contributed by atoms with van der Waals surface area (Å²) in [5, 5.41) is 6.13. The highest BCUT2D eigenvalue weighted by atomic mass is 35.5. The number of benzene rings is 3. The molecule has 0 bridgehead atoms. The molecule has 0 aliphatic rings. The summed E-state index contributed by atoms with van der Waals surface area (Å²) < 4.78 is 9.73. The van der Waals surface area contributed by atoms with Gasteiger partial charge in [-0.2, -0.15) is 0 Å². The second kappa shape index (κ2) is 11.2. The number of carbonyl (C=O) groups excluding carboxylic acids is 3. The van der Waals surface area contributed by atoms with Crippen LogP contribution in [0.15, 0.2) is 66.7 Å². The van der Waals surface area contributed by atoms with Crippen molar-refractivity contribution in [2.75, 3.05) is 23.8 Å². The topological polar surface area (TPSA) is 93.7 Å². The first-order valence-electron chi connectivity index (χ1n) is 10.2. The van der Waals surface area contributed by atoms with Crippen LogP contribution in [0.3, 0.4) is 0 Å². The van der Waals surface area contributed by atoms with Gasteiger partial charge in [0.2, 0.25) is 0 Å². The van der Waals surface area contributed by atoms with Crippen molar-refractivity contribution in [1.29, 1.82) is 0 Å². The number of nitrogens with one attached hydrogen (secondary N) is 2. The Kier molecular flexibility index (Phi) is 8.05. The smallest absolute Gasteiger partial charge is 0.411 e. The van der Waals surface area contributed by atoms with Gasteiger partial charge in [0.15, 0.2) is 5.78 Å². The summed E-state index contributed by atoms with van der Waals surface area (Å²) in [6.07, 6.45) is -0.686. The summed E-state index contributed by atoms with van der Waals surface area (Å²) in [7, 11) is 0. The molecule has 0 heterocycles. The Labute approximate surface area is 196 Å². The third-order valence-electron chi connectivity index (χ3n) is 4.67. The van der Waals surface area contributed by atoms with Crippen molar-refractivity contribution < 1.29 is 23.9 Å². The van der Waals surface area contributed by atoms with E-state index in [-0.39, 0.29) is 19.0 Å². The fraction of sp³-hybridized carbons (Fsp3) is 0.160. The lowest BCUT2D eigenvalue weighted by molar-refractivity contribution is -0.141. The summed E-state index contributed by atoms with van der Waals surface area (Å²) in [5.41, 5.74) is 3.59. The number of carbonyl (C=O) groups is 3. The van der Waals surface area contributed by atoms with Gasteiger partial charge in [0.25, 0.3) is 0 Å². The fourth-order valence-electron chi connectivity index (χ4n) is 3.07. The van der Waals surface area contributed by atoms with Crippen molar-refractivity contribution in [3.05, 3.63) is 88.4 Å². The van der Waals surface area contributed by atoms with Gasteiger partial charge in [0.05, 0.1) is 16.4 Å². The van der Waals surface area contributed by atoms with E-state index in [1.165, 1.54) is 6.92 Å². The molecule has 0 fully saturated rings. The zero-order valence-electron chi connectivity index (χ0n) is 18.2. The zero-order valence-corrected chi connectivity index (χ0v) is 18.9. The molecular formula is C25H23ClN2O5. The lowest BCUT2D eigenvalue weighted by Crippen LogP contribution is -2.18. The number of esters is 1. The van der Waals surface area contributed by atoms with Crippen LogP contribution in [0.4, 0.5) is 21.9 Å². The number of anilines is 3. The van der Waals surface area contributed by atoms with E-state index in [1.54, 1.807) is 48.5 Å². The van der Waals surface area contributed by atoms with E-state index in [2.05, 4.69) is 10.6 Å². The molecule has 8 heteroatoms. The number of ether oxygens (including phenoxy) is 2. The quantitative estimate of drug-likeness (QED) is 0.250. The van der Waals surface area contributed by atoms with Gasteiger partial charge in [-0.05, 0) is 42.8 Å². The molecular weight excluding hydrogens is 444 g/mol. The molecule has 3 aromatic rings. The van der Waals surface area contributed by atoms with Crippen LogP contribution in [0.25, 0.3) is 0 Å². The lowest BCUT2D eigenvalue weighted by Gasteiger charge is -2.14. The standard InChI is InChI=1S/C25H23ClN2O5/c1-16-7-3-4-8-19(16)24(30)20-12-11-18(15-21(20)26)27-22-9-5-6-10-23(22)28-25(31)33-14-13-32-17(2)29/h3-12,15,27H,13-14H2,1-2H3,(H,28,31). The minimum Gasteiger partial charge on any atom is -0.462 e. The van der Waals surface area contributed by atoms with Gasteiger partial charge in [-0.15, -0.1) is 0 Å². The van der Waals surface area contributed by atoms with Gasteiger partial charge in [-0.1, -0.05) is 48.0 Å². The van der Waals surface area contributed by atoms with E-state index in [1.807, 2.05) is 25.1 Å². The van der Waals surface area contributed by atoms with Crippen molar-refractivity contribution in [3.63, 3.8) is 0 Å². The molecule has 0 aliphatic heterocycles. The van der Waals surface area contributed by atoms with Gasteiger partial charge in [-0.25, -0.2) is 4.79 Å². The molecule has 0 aromatic heterocycles. The predicted octanol–water partition coefficient (Wildman–Crippen LogP) is 5.73. The number of aryl methyl sites for hydroxylation is 1. The molecule has 3 aromatic carbocycles. The fourth-order valence-corrected chi connectivity index (χ4v) is 3.34. The molecule has 1 amide bonds. The van der Waals surface area contributed by atoms with Gasteiger partial charge < -0.3 is 14.8 Å². The summed E-state index contributed by atoms with van der Waals surface area (Å²) in [4.78, 5) is 35.7. The molecule has 3 rings (SSSR count). The number of rotatable bonds is 8. The molecule has 0 saturated heterocycles. The molecule has 2 N–H and O–H groups in total. The van der Waals surface area contributed by atoms with Crippen molar-refractivity contribution >= 4 is 46.5 Å². The minimum atomic E-state index is -0.686. The number of para-hydroxylation sites is 2. The summed E-state index contributed by atoms with van der Waals surface area (Å²) in [6, 6.07) is 19.4. The maximum atomic E-state index is 12.9. The predicted molar refractivity (Wildman–Crippen MR) is 127 cm³/mol. The molecule has 7 nitrogen and oxygen atoms in total. The summed E-state index contributed by atoms with van der Waals surface area (Å²) in [5.74, 6) is -0.595. The van der Waals surface area contributed by atoms with Crippen molar-refractivity contribution in [2.45, 2.75) is 13.8 Å². The number of halogens is 1. The molecule has 0 atom stereocenters. The largest absolute Gasteiger partial charge is 0.462 e. The van der Waals surface area contributed by atoms with Gasteiger partial charge in [-0.3, -0.25) is 14.9 Å². The van der Waals surface area contributed by atoms with Gasteiger partial charge >= 0.3 is 12.1 Å². The average molecular weight is 467 g/mol.